The first-order chi connectivity index (χ1) is 11.4. The number of aromatic nitrogens is 1. The first-order valence-corrected chi connectivity index (χ1v) is 8.61. The molecular weight excluding hydrogens is 341 g/mol. The number of rotatable bonds is 3. The molecule has 0 amide bonds. The second-order valence-electron chi connectivity index (χ2n) is 6.16. The van der Waals surface area contributed by atoms with Gasteiger partial charge in [-0.3, -0.25) is 4.79 Å². The third-order valence-corrected chi connectivity index (χ3v) is 5.43. The molecule has 1 saturated carbocycles. The molecule has 128 valence electrons. The molecule has 0 N–H and O–H groups in total. The highest BCUT2D eigenvalue weighted by molar-refractivity contribution is 7.22. The molecule has 1 atom stereocenters. The Balaban J connectivity index is 1.57. The van der Waals surface area contributed by atoms with E-state index >= 15 is 0 Å². The summed E-state index contributed by atoms with van der Waals surface area (Å²) in [5, 5.41) is 0.640. The Morgan fingerprint density at radius 3 is 2.83 bits per heavy atom. The summed E-state index contributed by atoms with van der Waals surface area (Å²) in [5.41, 5.74) is -0.364. The molecule has 24 heavy (non-hydrogen) atoms. The lowest BCUT2D eigenvalue weighted by molar-refractivity contribution is -0.137. The van der Waals surface area contributed by atoms with Gasteiger partial charge in [0.2, 0.25) is 0 Å². The lowest BCUT2D eigenvalue weighted by Crippen LogP contribution is -2.46. The van der Waals surface area contributed by atoms with Gasteiger partial charge in [-0.05, 0) is 31.0 Å². The van der Waals surface area contributed by atoms with Gasteiger partial charge in [0, 0.05) is 12.5 Å². The fourth-order valence-corrected chi connectivity index (χ4v) is 3.83. The van der Waals surface area contributed by atoms with Crippen molar-refractivity contribution in [1.29, 1.82) is 0 Å². The number of hydrogen-bond acceptors (Lipinski definition) is 5. The van der Waals surface area contributed by atoms with Crippen LogP contribution >= 0.6 is 11.3 Å². The van der Waals surface area contributed by atoms with Gasteiger partial charge in [0.1, 0.15) is 6.10 Å². The second kappa shape index (κ2) is 5.70. The smallest absolute Gasteiger partial charge is 0.367 e. The van der Waals surface area contributed by atoms with Crippen molar-refractivity contribution >= 4 is 32.5 Å². The lowest BCUT2D eigenvalue weighted by atomic mass is 10.1. The van der Waals surface area contributed by atoms with Crippen molar-refractivity contribution in [2.24, 2.45) is 5.92 Å². The monoisotopic (exact) mass is 356 g/mol. The molecule has 2 aromatic rings. The van der Waals surface area contributed by atoms with Crippen LogP contribution in [0.1, 0.15) is 18.4 Å². The molecule has 2 heterocycles. The average molecular weight is 356 g/mol. The summed E-state index contributed by atoms with van der Waals surface area (Å²) in [4.78, 5) is 18.5. The van der Waals surface area contributed by atoms with E-state index in [1.807, 2.05) is 4.90 Å². The Morgan fingerprint density at radius 2 is 2.12 bits per heavy atom. The Morgan fingerprint density at radius 1 is 1.33 bits per heavy atom. The van der Waals surface area contributed by atoms with Gasteiger partial charge in [0.15, 0.2) is 10.9 Å². The van der Waals surface area contributed by atoms with Gasteiger partial charge in [0.05, 0.1) is 28.9 Å². The maximum Gasteiger partial charge on any atom is 0.416 e. The van der Waals surface area contributed by atoms with E-state index in [4.69, 9.17) is 4.74 Å². The normalized spacial score (nSPS) is 22.1. The summed E-state index contributed by atoms with van der Waals surface area (Å²) in [5.74, 6) is 0.264. The summed E-state index contributed by atoms with van der Waals surface area (Å²) >= 11 is 1.34. The van der Waals surface area contributed by atoms with Crippen molar-refractivity contribution in [1.82, 2.24) is 4.98 Å². The molecule has 2 aliphatic rings. The van der Waals surface area contributed by atoms with Gasteiger partial charge in [-0.2, -0.15) is 13.2 Å². The number of hydrogen-bond donors (Lipinski definition) is 0. The Bertz CT molecular complexity index is 785. The summed E-state index contributed by atoms with van der Waals surface area (Å²) in [6.07, 6.45) is -2.97. The molecule has 0 unspecified atom stereocenters. The molecule has 1 saturated heterocycles. The maximum atomic E-state index is 12.8. The predicted molar refractivity (Wildman–Crippen MR) is 84.3 cm³/mol. The van der Waals surface area contributed by atoms with E-state index in [1.54, 1.807) is 0 Å². The topological polar surface area (TPSA) is 42.4 Å². The van der Waals surface area contributed by atoms with Crippen LogP contribution in [0, 0.1) is 5.92 Å². The van der Waals surface area contributed by atoms with E-state index < -0.39 is 17.8 Å². The van der Waals surface area contributed by atoms with Crippen molar-refractivity contribution in [2.45, 2.75) is 25.1 Å². The molecule has 0 spiro atoms. The zero-order valence-corrected chi connectivity index (χ0v) is 13.5. The molecule has 1 aromatic heterocycles. The van der Waals surface area contributed by atoms with Crippen LogP contribution in [0.4, 0.5) is 18.3 Å². The Hall–Kier alpha value is -1.67. The number of Topliss-reactive ketones (excluding diaryl/α,β-unsaturated/α-hetero) is 1. The van der Waals surface area contributed by atoms with Gasteiger partial charge in [-0.25, -0.2) is 4.98 Å². The lowest BCUT2D eigenvalue weighted by Gasteiger charge is -2.31. The van der Waals surface area contributed by atoms with Crippen molar-refractivity contribution in [3.05, 3.63) is 23.8 Å². The van der Waals surface area contributed by atoms with Crippen LogP contribution in [0.5, 0.6) is 0 Å². The number of nitrogens with zero attached hydrogens (tertiary/aromatic N) is 2. The number of anilines is 1. The number of thiazole rings is 1. The second-order valence-corrected chi connectivity index (χ2v) is 7.17. The molecular formula is C16H15F3N2O2S. The number of ketones is 1. The SMILES string of the molecule is O=C(C1CC1)[C@@H]1CN(c2nc3cc(C(F)(F)F)ccc3s2)CCO1. The molecule has 0 bridgehead atoms. The highest BCUT2D eigenvalue weighted by Gasteiger charge is 2.38. The quantitative estimate of drug-likeness (QED) is 0.844. The van der Waals surface area contributed by atoms with Crippen LogP contribution in [0.2, 0.25) is 0 Å². The Labute approximate surface area is 140 Å². The third kappa shape index (κ3) is 3.00. The van der Waals surface area contributed by atoms with Gasteiger partial charge in [0.25, 0.3) is 0 Å². The molecule has 4 nitrogen and oxygen atoms in total. The summed E-state index contributed by atoms with van der Waals surface area (Å²) < 4.78 is 44.7. The Kier molecular flexibility index (Phi) is 3.76. The first kappa shape index (κ1) is 15.8. The van der Waals surface area contributed by atoms with Crippen molar-refractivity contribution in [3.8, 4) is 0 Å². The van der Waals surface area contributed by atoms with Gasteiger partial charge in [-0.1, -0.05) is 11.3 Å². The number of fused-ring (bicyclic) bond motifs is 1. The minimum Gasteiger partial charge on any atom is -0.367 e. The molecule has 1 aliphatic heterocycles. The first-order valence-electron chi connectivity index (χ1n) is 7.80. The number of carbonyl (C=O) groups excluding carboxylic acids is 1. The van der Waals surface area contributed by atoms with Crippen LogP contribution in [0.15, 0.2) is 18.2 Å². The fraction of sp³-hybridized carbons (Fsp3) is 0.500. The summed E-state index contributed by atoms with van der Waals surface area (Å²) in [7, 11) is 0. The molecule has 0 radical (unpaired) electrons. The maximum absolute atomic E-state index is 12.8. The molecule has 1 aliphatic carbocycles. The van der Waals surface area contributed by atoms with Gasteiger partial charge in [-0.15, -0.1) is 0 Å². The number of halogens is 3. The zero-order valence-electron chi connectivity index (χ0n) is 12.7. The highest BCUT2D eigenvalue weighted by atomic mass is 32.1. The average Bonchev–Trinajstić information content (AvgIpc) is 3.31. The van der Waals surface area contributed by atoms with Crippen molar-refractivity contribution in [2.75, 3.05) is 24.6 Å². The molecule has 1 aromatic carbocycles. The number of benzene rings is 1. The number of alkyl halides is 3. The number of ether oxygens (including phenoxy) is 1. The largest absolute Gasteiger partial charge is 0.416 e. The van der Waals surface area contributed by atoms with Crippen LogP contribution in [0.3, 0.4) is 0 Å². The minimum absolute atomic E-state index is 0.125. The van der Waals surface area contributed by atoms with E-state index in [-0.39, 0.29) is 11.7 Å². The van der Waals surface area contributed by atoms with Crippen LogP contribution < -0.4 is 4.90 Å². The van der Waals surface area contributed by atoms with Crippen molar-refractivity contribution in [3.63, 3.8) is 0 Å². The highest BCUT2D eigenvalue weighted by Crippen LogP contribution is 2.36. The van der Waals surface area contributed by atoms with E-state index in [9.17, 15) is 18.0 Å². The van der Waals surface area contributed by atoms with E-state index in [2.05, 4.69) is 4.98 Å². The van der Waals surface area contributed by atoms with E-state index in [1.165, 1.54) is 17.4 Å². The van der Waals surface area contributed by atoms with Gasteiger partial charge >= 0.3 is 6.18 Å². The van der Waals surface area contributed by atoms with E-state index in [0.717, 1.165) is 25.0 Å². The van der Waals surface area contributed by atoms with Gasteiger partial charge < -0.3 is 9.64 Å². The van der Waals surface area contributed by atoms with Crippen molar-refractivity contribution < 1.29 is 22.7 Å². The predicted octanol–water partition coefficient (Wildman–Crippen LogP) is 3.50. The third-order valence-electron chi connectivity index (χ3n) is 4.34. The molecule has 2 fully saturated rings. The van der Waals surface area contributed by atoms with Crippen LogP contribution in [-0.4, -0.2) is 36.6 Å². The number of carbonyl (C=O) groups is 1. The van der Waals surface area contributed by atoms with Crippen LogP contribution in [0.25, 0.3) is 10.2 Å². The fourth-order valence-electron chi connectivity index (χ4n) is 2.85. The zero-order chi connectivity index (χ0) is 16.9. The molecule has 4 rings (SSSR count). The standard InChI is InChI=1S/C16H15F3N2O2S/c17-16(18,19)10-3-4-13-11(7-10)20-15(24-13)21-5-6-23-12(8-21)14(22)9-1-2-9/h3-4,7,9,12H,1-2,5-6,8H2/t12-/m0/s1. The summed E-state index contributed by atoms with van der Waals surface area (Å²) in [6, 6.07) is 3.60. The van der Waals surface area contributed by atoms with Crippen LogP contribution in [-0.2, 0) is 15.7 Å². The summed E-state index contributed by atoms with van der Waals surface area (Å²) in [6.45, 7) is 1.43. The van der Waals surface area contributed by atoms with E-state index in [0.29, 0.717) is 35.0 Å². The minimum atomic E-state index is -4.38. The molecule has 8 heteroatoms. The number of morpholine rings is 1.